The van der Waals surface area contributed by atoms with E-state index in [1.165, 1.54) is 19.3 Å². The van der Waals surface area contributed by atoms with E-state index in [0.717, 1.165) is 42.6 Å². The maximum atomic E-state index is 11.8. The molecule has 1 saturated carbocycles. The standard InChI is InChI=1S/C25H36O5S2/c1-3-4-5-6-10-13-27-22-21(28-17-20-11-8-7-9-12-20)16-24(31-14-15-32-24)25(22)29-19-23(2,18-26)30-25/h7-9,11-12,18,21-22H,3-6,10,13-17,19H2,1-2H3/t21-,22-,23?,25+/m1/s1. The molecule has 1 aromatic rings. The van der Waals surface area contributed by atoms with Gasteiger partial charge in [-0.25, -0.2) is 0 Å². The second-order valence-corrected chi connectivity index (χ2v) is 12.2. The third-order valence-corrected chi connectivity index (χ3v) is 10.1. The molecule has 3 fully saturated rings. The summed E-state index contributed by atoms with van der Waals surface area (Å²) < 4.78 is 25.7. The average Bonchev–Trinajstić information content (AvgIpc) is 3.50. The minimum atomic E-state index is -0.973. The lowest BCUT2D eigenvalue weighted by Gasteiger charge is -2.41. The molecular weight excluding hydrogens is 444 g/mol. The molecule has 0 bridgehead atoms. The zero-order chi connectivity index (χ0) is 22.5. The van der Waals surface area contributed by atoms with E-state index >= 15 is 0 Å². The molecule has 2 heterocycles. The fourth-order valence-electron chi connectivity index (χ4n) is 4.85. The Morgan fingerprint density at radius 3 is 2.53 bits per heavy atom. The summed E-state index contributed by atoms with van der Waals surface area (Å²) in [4.78, 5) is 11.8. The Morgan fingerprint density at radius 1 is 1.09 bits per heavy atom. The Balaban J connectivity index is 1.53. The first-order valence-corrected chi connectivity index (χ1v) is 13.9. The number of carbonyl (C=O) groups excluding carboxylic acids is 1. The van der Waals surface area contributed by atoms with Gasteiger partial charge in [0.2, 0.25) is 5.79 Å². The summed E-state index contributed by atoms with van der Waals surface area (Å²) in [6.45, 7) is 5.46. The van der Waals surface area contributed by atoms with Crippen molar-refractivity contribution in [1.82, 2.24) is 0 Å². The molecule has 0 amide bonds. The summed E-state index contributed by atoms with van der Waals surface area (Å²) in [5.41, 5.74) is 0.187. The van der Waals surface area contributed by atoms with E-state index in [-0.39, 0.29) is 22.9 Å². The number of ether oxygens (including phenoxy) is 4. The van der Waals surface area contributed by atoms with E-state index in [2.05, 4.69) is 19.1 Å². The van der Waals surface area contributed by atoms with Crippen molar-refractivity contribution in [3.05, 3.63) is 35.9 Å². The van der Waals surface area contributed by atoms with Gasteiger partial charge in [-0.3, -0.25) is 0 Å². The molecule has 4 atom stereocenters. The molecule has 7 heteroatoms. The molecule has 178 valence electrons. The average molecular weight is 481 g/mol. The summed E-state index contributed by atoms with van der Waals surface area (Å²) in [6, 6.07) is 10.2. The Bertz CT molecular complexity index is 741. The lowest BCUT2D eigenvalue weighted by molar-refractivity contribution is -0.250. The topological polar surface area (TPSA) is 54.0 Å². The maximum absolute atomic E-state index is 11.8. The number of hydrogen-bond acceptors (Lipinski definition) is 7. The summed E-state index contributed by atoms with van der Waals surface area (Å²) in [6.07, 6.45) is 7.03. The monoisotopic (exact) mass is 480 g/mol. The van der Waals surface area contributed by atoms with Crippen LogP contribution in [0.4, 0.5) is 0 Å². The van der Waals surface area contributed by atoms with Crippen LogP contribution in [0.25, 0.3) is 0 Å². The minimum Gasteiger partial charge on any atom is -0.371 e. The molecule has 32 heavy (non-hydrogen) atoms. The van der Waals surface area contributed by atoms with E-state index in [4.69, 9.17) is 18.9 Å². The van der Waals surface area contributed by atoms with Crippen molar-refractivity contribution in [2.75, 3.05) is 24.7 Å². The Kier molecular flexibility index (Phi) is 8.28. The van der Waals surface area contributed by atoms with Gasteiger partial charge in [-0.1, -0.05) is 62.9 Å². The summed E-state index contributed by atoms with van der Waals surface area (Å²) in [5.74, 6) is 1.09. The van der Waals surface area contributed by atoms with E-state index < -0.39 is 11.4 Å². The van der Waals surface area contributed by atoms with Gasteiger partial charge in [0, 0.05) is 24.5 Å². The predicted octanol–water partition coefficient (Wildman–Crippen LogP) is 5.21. The van der Waals surface area contributed by atoms with Crippen molar-refractivity contribution in [1.29, 1.82) is 0 Å². The maximum Gasteiger partial charge on any atom is 0.223 e. The first kappa shape index (κ1) is 24.6. The molecule has 2 saturated heterocycles. The third kappa shape index (κ3) is 4.93. The second-order valence-electron chi connectivity index (χ2n) is 9.18. The van der Waals surface area contributed by atoms with E-state index in [1.54, 1.807) is 0 Å². The first-order valence-electron chi connectivity index (χ1n) is 11.9. The number of aldehydes is 1. The first-order chi connectivity index (χ1) is 15.6. The highest BCUT2D eigenvalue weighted by Crippen LogP contribution is 2.64. The minimum absolute atomic E-state index is 0.155. The lowest BCUT2D eigenvalue weighted by atomic mass is 10.1. The van der Waals surface area contributed by atoms with Crippen LogP contribution in [0.2, 0.25) is 0 Å². The Hall–Kier alpha value is -0.570. The highest BCUT2D eigenvalue weighted by Gasteiger charge is 2.73. The van der Waals surface area contributed by atoms with Crippen LogP contribution in [0.5, 0.6) is 0 Å². The fraction of sp³-hybridized carbons (Fsp3) is 0.720. The van der Waals surface area contributed by atoms with E-state index in [1.807, 2.05) is 48.6 Å². The van der Waals surface area contributed by atoms with E-state index in [0.29, 0.717) is 13.2 Å². The molecule has 2 aliphatic heterocycles. The summed E-state index contributed by atoms with van der Waals surface area (Å²) in [7, 11) is 0. The van der Waals surface area contributed by atoms with Gasteiger partial charge in [0.15, 0.2) is 6.29 Å². The number of unbranched alkanes of at least 4 members (excludes halogenated alkanes) is 4. The molecule has 2 spiro atoms. The number of carbonyl (C=O) groups is 1. The van der Waals surface area contributed by atoms with Crippen molar-refractivity contribution in [2.45, 2.75) is 86.7 Å². The Morgan fingerprint density at radius 2 is 1.84 bits per heavy atom. The molecule has 4 rings (SSSR count). The van der Waals surface area contributed by atoms with E-state index in [9.17, 15) is 4.79 Å². The van der Waals surface area contributed by atoms with Crippen LogP contribution >= 0.6 is 23.5 Å². The molecule has 3 aliphatic rings. The van der Waals surface area contributed by atoms with Crippen molar-refractivity contribution >= 4 is 29.8 Å². The van der Waals surface area contributed by atoms with Crippen LogP contribution < -0.4 is 0 Å². The van der Waals surface area contributed by atoms with Crippen molar-refractivity contribution in [3.8, 4) is 0 Å². The van der Waals surface area contributed by atoms with Crippen LogP contribution in [-0.2, 0) is 30.3 Å². The molecule has 1 aliphatic carbocycles. The van der Waals surface area contributed by atoms with Gasteiger partial charge in [-0.05, 0) is 18.9 Å². The molecule has 1 aromatic carbocycles. The number of benzene rings is 1. The van der Waals surface area contributed by atoms with Crippen LogP contribution in [0.1, 0.15) is 57.9 Å². The number of thioether (sulfide) groups is 2. The third-order valence-electron chi connectivity index (χ3n) is 6.53. The van der Waals surface area contributed by atoms with Gasteiger partial charge >= 0.3 is 0 Å². The molecular formula is C25H36O5S2. The van der Waals surface area contributed by atoms with Gasteiger partial charge in [0.05, 0.1) is 19.3 Å². The largest absolute Gasteiger partial charge is 0.371 e. The molecule has 0 aromatic heterocycles. The van der Waals surface area contributed by atoms with Gasteiger partial charge in [-0.15, -0.1) is 23.5 Å². The normalized spacial score (nSPS) is 33.4. The summed E-state index contributed by atoms with van der Waals surface area (Å²) >= 11 is 3.75. The predicted molar refractivity (Wildman–Crippen MR) is 130 cm³/mol. The number of rotatable bonds is 11. The quantitative estimate of drug-likeness (QED) is 0.318. The zero-order valence-corrected chi connectivity index (χ0v) is 20.9. The van der Waals surface area contributed by atoms with Crippen molar-refractivity contribution in [2.24, 2.45) is 0 Å². The summed E-state index contributed by atoms with van der Waals surface area (Å²) in [5, 5.41) is 0. The number of fused-ring (bicyclic) bond motifs is 1. The van der Waals surface area contributed by atoms with Gasteiger partial charge in [-0.2, -0.15) is 0 Å². The van der Waals surface area contributed by atoms with Gasteiger partial charge in [0.25, 0.3) is 0 Å². The van der Waals surface area contributed by atoms with Gasteiger partial charge < -0.3 is 23.7 Å². The van der Waals surface area contributed by atoms with Crippen LogP contribution in [0.3, 0.4) is 0 Å². The fourth-order valence-corrected chi connectivity index (χ4v) is 8.41. The smallest absolute Gasteiger partial charge is 0.223 e. The second kappa shape index (κ2) is 10.8. The molecule has 1 unspecified atom stereocenters. The SMILES string of the molecule is CCCCCCCO[C@@H]1[C@H](OCc2ccccc2)CC2(SCCS2)[C@]12OCC(C)(C=O)O2. The molecule has 5 nitrogen and oxygen atoms in total. The van der Waals surface area contributed by atoms with Crippen LogP contribution in [0, 0.1) is 0 Å². The van der Waals surface area contributed by atoms with Crippen LogP contribution in [0.15, 0.2) is 30.3 Å². The molecule has 0 radical (unpaired) electrons. The van der Waals surface area contributed by atoms with Gasteiger partial charge in [0.1, 0.15) is 15.8 Å². The van der Waals surface area contributed by atoms with Crippen molar-refractivity contribution < 1.29 is 23.7 Å². The zero-order valence-electron chi connectivity index (χ0n) is 19.3. The van der Waals surface area contributed by atoms with Crippen molar-refractivity contribution in [3.63, 3.8) is 0 Å². The Labute approximate surface area is 200 Å². The highest BCUT2D eigenvalue weighted by molar-refractivity contribution is 8.21. The number of hydrogen-bond donors (Lipinski definition) is 0. The lowest BCUT2D eigenvalue weighted by Crippen LogP contribution is -2.55. The highest BCUT2D eigenvalue weighted by atomic mass is 32.2. The molecule has 0 N–H and O–H groups in total. The van der Waals surface area contributed by atoms with Crippen LogP contribution in [-0.4, -0.2) is 58.7 Å².